The fourth-order valence-electron chi connectivity index (χ4n) is 3.94. The van der Waals surface area contributed by atoms with Crippen molar-refractivity contribution in [2.75, 3.05) is 19.0 Å². The Hall–Kier alpha value is -4.68. The Kier molecular flexibility index (Phi) is 10.0. The number of rotatable bonds is 9. The van der Waals surface area contributed by atoms with E-state index in [1.165, 1.54) is 26.3 Å². The quantitative estimate of drug-likeness (QED) is 0.230. The first-order valence-corrected chi connectivity index (χ1v) is 12.4. The summed E-state index contributed by atoms with van der Waals surface area (Å²) in [7, 11) is 1.29. The minimum absolute atomic E-state index is 0.00938. The van der Waals surface area contributed by atoms with E-state index in [4.69, 9.17) is 18.9 Å². The topological polar surface area (TPSA) is 179 Å². The van der Waals surface area contributed by atoms with Crippen LogP contribution in [0.5, 0.6) is 11.5 Å². The third-order valence-corrected chi connectivity index (χ3v) is 6.13. The number of anilines is 1. The molecule has 13 heteroatoms. The molecule has 1 aliphatic rings. The minimum Gasteiger partial charge on any atom is -0.503 e. The predicted molar refractivity (Wildman–Crippen MR) is 138 cm³/mol. The number of aromatic nitrogens is 1. The second-order valence-electron chi connectivity index (χ2n) is 9.33. The van der Waals surface area contributed by atoms with Crippen LogP contribution in [0.2, 0.25) is 0 Å². The van der Waals surface area contributed by atoms with E-state index in [0.29, 0.717) is 17.7 Å². The molecule has 1 aromatic heterocycles. The molecule has 0 spiro atoms. The van der Waals surface area contributed by atoms with Gasteiger partial charge in [0.1, 0.15) is 18.6 Å². The van der Waals surface area contributed by atoms with E-state index in [1.54, 1.807) is 38.1 Å². The molecule has 13 nitrogen and oxygen atoms in total. The van der Waals surface area contributed by atoms with Crippen molar-refractivity contribution in [1.29, 1.82) is 0 Å². The molecule has 1 aliphatic heterocycles. The number of hydrogen-bond donors (Lipinski definition) is 3. The highest BCUT2D eigenvalue weighted by Gasteiger charge is 2.42. The van der Waals surface area contributed by atoms with Crippen LogP contribution in [-0.4, -0.2) is 72.3 Å². The lowest BCUT2D eigenvalue weighted by atomic mass is 9.91. The Bertz CT molecular complexity index is 1250. The zero-order valence-electron chi connectivity index (χ0n) is 22.4. The summed E-state index contributed by atoms with van der Waals surface area (Å²) in [5.74, 6) is -5.45. The van der Waals surface area contributed by atoms with Crippen LogP contribution in [0.3, 0.4) is 0 Å². The largest absolute Gasteiger partial charge is 0.503 e. The molecule has 1 saturated heterocycles. The van der Waals surface area contributed by atoms with E-state index in [0.717, 1.165) is 0 Å². The van der Waals surface area contributed by atoms with E-state index in [9.17, 15) is 29.1 Å². The number of ether oxygens (including phenoxy) is 4. The van der Waals surface area contributed by atoms with Crippen molar-refractivity contribution >= 4 is 35.9 Å². The van der Waals surface area contributed by atoms with Gasteiger partial charge in [0.25, 0.3) is 5.91 Å². The minimum atomic E-state index is -1.46. The molecule has 4 atom stereocenters. The molecule has 0 bridgehead atoms. The third-order valence-electron chi connectivity index (χ3n) is 6.13. The molecule has 2 heterocycles. The van der Waals surface area contributed by atoms with Gasteiger partial charge < -0.3 is 34.7 Å². The average molecular weight is 558 g/mol. The van der Waals surface area contributed by atoms with Gasteiger partial charge >= 0.3 is 17.9 Å². The van der Waals surface area contributed by atoms with Crippen molar-refractivity contribution in [3.8, 4) is 11.5 Å². The summed E-state index contributed by atoms with van der Waals surface area (Å²) in [6, 6.07) is 6.52. The standard InChI is InChI=1S/C27H31N3O10/c1-14(2)25(34)40-23-15(3)39-27(36)19(30-24(33)21-22(32)20(37-4)9-10-28-21)12-38-26(35)18(23)11-16-5-7-17(8-6-16)29-13-31/h5-10,13-15,18-19,23,32H,11-12H2,1-4H3,(H,29,31)(H,30,33)/t15-,18+,19-,23-/m0/s1. The maximum absolute atomic E-state index is 13.3. The van der Waals surface area contributed by atoms with Gasteiger partial charge in [0.05, 0.1) is 13.0 Å². The van der Waals surface area contributed by atoms with Gasteiger partial charge in [-0.2, -0.15) is 0 Å². The number of esters is 3. The fourth-order valence-corrected chi connectivity index (χ4v) is 3.94. The van der Waals surface area contributed by atoms with Crippen molar-refractivity contribution in [3.63, 3.8) is 0 Å². The van der Waals surface area contributed by atoms with Crippen LogP contribution in [0.15, 0.2) is 36.5 Å². The Morgan fingerprint density at radius 1 is 1.18 bits per heavy atom. The number of nitrogens with one attached hydrogen (secondary N) is 2. The van der Waals surface area contributed by atoms with Crippen LogP contribution in [-0.2, 0) is 39.8 Å². The van der Waals surface area contributed by atoms with Crippen LogP contribution in [0.1, 0.15) is 36.8 Å². The Morgan fingerprint density at radius 3 is 2.50 bits per heavy atom. The lowest BCUT2D eigenvalue weighted by Crippen LogP contribution is -2.47. The summed E-state index contributed by atoms with van der Waals surface area (Å²) in [6.07, 6.45) is -0.501. The number of carbonyl (C=O) groups excluding carboxylic acids is 5. The second kappa shape index (κ2) is 13.4. The highest BCUT2D eigenvalue weighted by molar-refractivity contribution is 5.98. The van der Waals surface area contributed by atoms with Gasteiger partial charge in [0, 0.05) is 18.0 Å². The highest BCUT2D eigenvalue weighted by Crippen LogP contribution is 2.28. The van der Waals surface area contributed by atoms with Gasteiger partial charge in [-0.15, -0.1) is 0 Å². The van der Waals surface area contributed by atoms with Crippen molar-refractivity contribution < 1.29 is 48.0 Å². The van der Waals surface area contributed by atoms with Crippen LogP contribution in [0.4, 0.5) is 5.69 Å². The summed E-state index contributed by atoms with van der Waals surface area (Å²) >= 11 is 0. The molecular formula is C27H31N3O10. The first kappa shape index (κ1) is 29.9. The van der Waals surface area contributed by atoms with Gasteiger partial charge in [0.15, 0.2) is 29.3 Å². The summed E-state index contributed by atoms with van der Waals surface area (Å²) in [4.78, 5) is 66.2. The van der Waals surface area contributed by atoms with Crippen molar-refractivity contribution in [3.05, 3.63) is 47.8 Å². The second-order valence-corrected chi connectivity index (χ2v) is 9.33. The van der Waals surface area contributed by atoms with Crippen molar-refractivity contribution in [2.45, 2.75) is 45.4 Å². The number of carbonyl (C=O) groups is 5. The number of amides is 2. The SMILES string of the molecule is COc1ccnc(C(=O)N[C@H]2COC(=O)[C@H](Cc3ccc(NC=O)cc3)[C@@H](OC(=O)C(C)C)[C@H](C)OC2=O)c1O. The van der Waals surface area contributed by atoms with Crippen molar-refractivity contribution in [1.82, 2.24) is 10.3 Å². The van der Waals surface area contributed by atoms with E-state index in [2.05, 4.69) is 15.6 Å². The maximum atomic E-state index is 13.3. The molecule has 1 aromatic carbocycles. The summed E-state index contributed by atoms with van der Waals surface area (Å²) in [6.45, 7) is 4.11. The molecule has 2 amide bonds. The average Bonchev–Trinajstić information content (AvgIpc) is 2.96. The normalized spacial score (nSPS) is 21.1. The highest BCUT2D eigenvalue weighted by atomic mass is 16.6. The lowest BCUT2D eigenvalue weighted by Gasteiger charge is -2.29. The van der Waals surface area contributed by atoms with Crippen LogP contribution >= 0.6 is 0 Å². The lowest BCUT2D eigenvalue weighted by molar-refractivity contribution is -0.176. The van der Waals surface area contributed by atoms with Gasteiger partial charge in [0.2, 0.25) is 6.41 Å². The van der Waals surface area contributed by atoms with Crippen molar-refractivity contribution in [2.24, 2.45) is 11.8 Å². The van der Waals surface area contributed by atoms with Crippen LogP contribution in [0.25, 0.3) is 0 Å². The molecule has 0 saturated carbocycles. The first-order chi connectivity index (χ1) is 19.0. The molecule has 0 radical (unpaired) electrons. The van der Waals surface area contributed by atoms with Crippen LogP contribution < -0.4 is 15.4 Å². The third kappa shape index (κ3) is 7.24. The molecule has 214 valence electrons. The number of cyclic esters (lactones) is 2. The smallest absolute Gasteiger partial charge is 0.332 e. The molecule has 0 aliphatic carbocycles. The first-order valence-electron chi connectivity index (χ1n) is 12.4. The number of benzene rings is 1. The van der Waals surface area contributed by atoms with Gasteiger partial charge in [-0.1, -0.05) is 26.0 Å². The molecule has 40 heavy (non-hydrogen) atoms. The molecule has 3 rings (SSSR count). The number of nitrogens with zero attached hydrogens (tertiary/aromatic N) is 1. The zero-order valence-corrected chi connectivity index (χ0v) is 22.4. The monoisotopic (exact) mass is 557 g/mol. The Labute approximate surface area is 230 Å². The fraction of sp³-hybridized carbons (Fsp3) is 0.407. The molecule has 3 N–H and O–H groups in total. The van der Waals surface area contributed by atoms with Crippen LogP contribution in [0, 0.1) is 11.8 Å². The number of methoxy groups -OCH3 is 1. The molecule has 1 fully saturated rings. The van der Waals surface area contributed by atoms with E-state index in [1.807, 2.05) is 0 Å². The summed E-state index contributed by atoms with van der Waals surface area (Å²) in [5.41, 5.74) is 0.780. The van der Waals surface area contributed by atoms with Gasteiger partial charge in [-0.25, -0.2) is 9.78 Å². The van der Waals surface area contributed by atoms with Gasteiger partial charge in [-0.05, 0) is 31.0 Å². The van der Waals surface area contributed by atoms with E-state index in [-0.39, 0.29) is 12.2 Å². The maximum Gasteiger partial charge on any atom is 0.332 e. The molecule has 2 aromatic rings. The summed E-state index contributed by atoms with van der Waals surface area (Å²) in [5, 5.41) is 15.1. The Balaban J connectivity index is 1.88. The summed E-state index contributed by atoms with van der Waals surface area (Å²) < 4.78 is 21.6. The number of aromatic hydroxyl groups is 1. The number of hydrogen-bond acceptors (Lipinski definition) is 11. The molecule has 0 unspecified atom stereocenters. The Morgan fingerprint density at radius 2 is 1.88 bits per heavy atom. The van der Waals surface area contributed by atoms with E-state index < -0.39 is 72.0 Å². The zero-order chi connectivity index (χ0) is 29.4. The van der Waals surface area contributed by atoms with E-state index >= 15 is 0 Å². The predicted octanol–water partition coefficient (Wildman–Crippen LogP) is 1.38. The number of pyridine rings is 1. The molecular weight excluding hydrogens is 526 g/mol. The van der Waals surface area contributed by atoms with Gasteiger partial charge in [-0.3, -0.25) is 19.2 Å².